The third-order valence-corrected chi connectivity index (χ3v) is 2.09. The molecule has 3 atom stereocenters. The average molecular weight is 323 g/mol. The molecule has 0 aliphatic heterocycles. The van der Waals surface area contributed by atoms with Gasteiger partial charge in [0, 0.05) is 6.54 Å². The number of carboxylic acid groups (broad SMARTS) is 3. The van der Waals surface area contributed by atoms with E-state index in [1.807, 2.05) is 0 Å². The number of hydrogen-bond acceptors (Lipinski definition) is 7. The Balaban J connectivity index is 0. The maximum absolute atomic E-state index is 10.7. The molecule has 22 heavy (non-hydrogen) atoms. The monoisotopic (exact) mass is 323 g/mol. The molecule has 11 heteroatoms. The van der Waals surface area contributed by atoms with Gasteiger partial charge in [-0.2, -0.15) is 0 Å². The summed E-state index contributed by atoms with van der Waals surface area (Å²) >= 11 is 0. The largest absolute Gasteiger partial charge is 0.481 e. The number of amides is 1. The molecule has 0 saturated heterocycles. The normalized spacial score (nSPS) is 14.0. The molecule has 0 bridgehead atoms. The van der Waals surface area contributed by atoms with E-state index >= 15 is 0 Å². The molecule has 0 aliphatic rings. The molecule has 0 saturated carbocycles. The summed E-state index contributed by atoms with van der Waals surface area (Å²) in [5.41, 5.74) is 9.76. The molecule has 128 valence electrons. The van der Waals surface area contributed by atoms with Gasteiger partial charge in [0.1, 0.15) is 6.04 Å². The SMILES string of the molecule is CC(O)CN[C@@H](CC(=O)O)C(N)=O.N[C@@H](CC(=O)O)C(=O)O. The van der Waals surface area contributed by atoms with Gasteiger partial charge in [0.05, 0.1) is 25.0 Å². The fourth-order valence-electron chi connectivity index (χ4n) is 1.04. The highest BCUT2D eigenvalue weighted by Crippen LogP contribution is 1.91. The van der Waals surface area contributed by atoms with Crippen molar-refractivity contribution in [3.05, 3.63) is 0 Å². The zero-order valence-electron chi connectivity index (χ0n) is 11.9. The first-order chi connectivity index (χ1) is 9.97. The van der Waals surface area contributed by atoms with E-state index in [-0.39, 0.29) is 13.0 Å². The minimum Gasteiger partial charge on any atom is -0.481 e. The molecule has 0 heterocycles. The van der Waals surface area contributed by atoms with Gasteiger partial charge < -0.3 is 37.2 Å². The Morgan fingerprint density at radius 1 is 1.05 bits per heavy atom. The van der Waals surface area contributed by atoms with Crippen LogP contribution in [-0.4, -0.2) is 69.0 Å². The maximum Gasteiger partial charge on any atom is 0.321 e. The first-order valence-corrected chi connectivity index (χ1v) is 6.10. The van der Waals surface area contributed by atoms with Crippen LogP contribution in [0.5, 0.6) is 0 Å². The van der Waals surface area contributed by atoms with E-state index in [1.54, 1.807) is 0 Å². The van der Waals surface area contributed by atoms with Crippen LogP contribution in [-0.2, 0) is 19.2 Å². The van der Waals surface area contributed by atoms with Gasteiger partial charge in [-0.1, -0.05) is 0 Å². The lowest BCUT2D eigenvalue weighted by Crippen LogP contribution is -2.45. The molecule has 0 aliphatic carbocycles. The van der Waals surface area contributed by atoms with Gasteiger partial charge in [-0.3, -0.25) is 19.2 Å². The van der Waals surface area contributed by atoms with E-state index < -0.39 is 48.4 Å². The minimum absolute atomic E-state index is 0.140. The molecule has 0 aromatic carbocycles. The van der Waals surface area contributed by atoms with Crippen molar-refractivity contribution in [3.63, 3.8) is 0 Å². The van der Waals surface area contributed by atoms with E-state index in [4.69, 9.17) is 31.9 Å². The first kappa shape index (κ1) is 22.0. The molecular formula is C11H21N3O8. The molecule has 0 fully saturated rings. The maximum atomic E-state index is 10.7. The van der Waals surface area contributed by atoms with Crippen molar-refractivity contribution in [1.82, 2.24) is 5.32 Å². The van der Waals surface area contributed by atoms with Crippen LogP contribution in [0, 0.1) is 0 Å². The van der Waals surface area contributed by atoms with Gasteiger partial charge in [0.15, 0.2) is 0 Å². The van der Waals surface area contributed by atoms with E-state index in [1.165, 1.54) is 6.92 Å². The molecule has 0 aromatic heterocycles. The second-order valence-electron chi connectivity index (χ2n) is 4.35. The van der Waals surface area contributed by atoms with Crippen molar-refractivity contribution in [1.29, 1.82) is 0 Å². The van der Waals surface area contributed by atoms with Crippen molar-refractivity contribution in [2.75, 3.05) is 6.54 Å². The highest BCUT2D eigenvalue weighted by molar-refractivity contribution is 5.84. The zero-order chi connectivity index (χ0) is 17.9. The summed E-state index contributed by atoms with van der Waals surface area (Å²) in [7, 11) is 0. The fourth-order valence-corrected chi connectivity index (χ4v) is 1.04. The summed E-state index contributed by atoms with van der Waals surface area (Å²) in [5, 5.41) is 35.8. The van der Waals surface area contributed by atoms with Crippen LogP contribution in [0.1, 0.15) is 19.8 Å². The predicted molar refractivity (Wildman–Crippen MR) is 72.8 cm³/mol. The second kappa shape index (κ2) is 11.4. The van der Waals surface area contributed by atoms with Gasteiger partial charge in [-0.05, 0) is 6.92 Å². The Bertz CT molecular complexity index is 399. The topological polar surface area (TPSA) is 213 Å². The van der Waals surface area contributed by atoms with E-state index in [9.17, 15) is 19.2 Å². The number of carboxylic acids is 3. The molecule has 9 N–H and O–H groups in total. The first-order valence-electron chi connectivity index (χ1n) is 6.10. The molecule has 0 rings (SSSR count). The summed E-state index contributed by atoms with van der Waals surface area (Å²) in [6, 6.07) is -2.21. The number of rotatable bonds is 9. The van der Waals surface area contributed by atoms with Crippen molar-refractivity contribution in [3.8, 4) is 0 Å². The number of primary amides is 1. The molecule has 1 unspecified atom stereocenters. The molecular weight excluding hydrogens is 302 g/mol. The van der Waals surface area contributed by atoms with Gasteiger partial charge in [-0.15, -0.1) is 0 Å². The van der Waals surface area contributed by atoms with Crippen molar-refractivity contribution in [2.24, 2.45) is 11.5 Å². The van der Waals surface area contributed by atoms with Crippen LogP contribution in [0.25, 0.3) is 0 Å². The third kappa shape index (κ3) is 14.2. The number of aliphatic hydroxyl groups excluding tert-OH is 1. The Morgan fingerprint density at radius 2 is 1.50 bits per heavy atom. The van der Waals surface area contributed by atoms with Gasteiger partial charge in [0.25, 0.3) is 0 Å². The Hall–Kier alpha value is -2.24. The molecule has 0 aromatic rings. The number of carbonyl (C=O) groups is 4. The van der Waals surface area contributed by atoms with E-state index in [0.29, 0.717) is 0 Å². The van der Waals surface area contributed by atoms with Gasteiger partial charge in [0.2, 0.25) is 5.91 Å². The number of aliphatic carboxylic acids is 3. The summed E-state index contributed by atoms with van der Waals surface area (Å²) < 4.78 is 0. The quantitative estimate of drug-likeness (QED) is 0.230. The third-order valence-electron chi connectivity index (χ3n) is 2.09. The lowest BCUT2D eigenvalue weighted by Gasteiger charge is -2.14. The number of carbonyl (C=O) groups excluding carboxylic acids is 1. The van der Waals surface area contributed by atoms with Crippen molar-refractivity contribution >= 4 is 23.8 Å². The van der Waals surface area contributed by atoms with Crippen LogP contribution in [0.2, 0.25) is 0 Å². The smallest absolute Gasteiger partial charge is 0.321 e. The van der Waals surface area contributed by atoms with Gasteiger partial charge in [-0.25, -0.2) is 0 Å². The number of aliphatic hydroxyl groups is 1. The fraction of sp³-hybridized carbons (Fsp3) is 0.636. The van der Waals surface area contributed by atoms with Crippen LogP contribution < -0.4 is 16.8 Å². The molecule has 0 radical (unpaired) electrons. The highest BCUT2D eigenvalue weighted by Gasteiger charge is 2.18. The van der Waals surface area contributed by atoms with E-state index in [0.717, 1.165) is 0 Å². The standard InChI is InChI=1S/C7H14N2O4.C4H7NO4/c1-4(10)3-9-5(7(8)13)2-6(11)12;5-2(4(8)9)1-3(6)7/h4-5,9-10H,2-3H2,1H3,(H2,8,13)(H,11,12);2H,1,5H2,(H,6,7)(H,8,9)/t4?,5-;2-/m00/s1. The molecule has 11 nitrogen and oxygen atoms in total. The second-order valence-corrected chi connectivity index (χ2v) is 4.35. The highest BCUT2D eigenvalue weighted by atomic mass is 16.4. The van der Waals surface area contributed by atoms with Gasteiger partial charge >= 0.3 is 17.9 Å². The van der Waals surface area contributed by atoms with Crippen molar-refractivity contribution < 1.29 is 39.6 Å². The predicted octanol–water partition coefficient (Wildman–Crippen LogP) is -2.84. The summed E-state index contributed by atoms with van der Waals surface area (Å²) in [5.74, 6) is -4.34. The number of hydrogen-bond donors (Lipinski definition) is 7. The number of nitrogens with one attached hydrogen (secondary N) is 1. The summed E-state index contributed by atoms with van der Waals surface area (Å²) in [6.45, 7) is 1.66. The van der Waals surface area contributed by atoms with Crippen LogP contribution >= 0.6 is 0 Å². The van der Waals surface area contributed by atoms with Crippen LogP contribution in [0.15, 0.2) is 0 Å². The van der Waals surface area contributed by atoms with E-state index in [2.05, 4.69) is 5.32 Å². The molecule has 1 amide bonds. The summed E-state index contributed by atoms with van der Waals surface area (Å²) in [6.07, 6.45) is -1.55. The lowest BCUT2D eigenvalue weighted by molar-refractivity contribution is -0.144. The molecule has 0 spiro atoms. The zero-order valence-corrected chi connectivity index (χ0v) is 11.9. The summed E-state index contributed by atoms with van der Waals surface area (Å²) in [4.78, 5) is 40.5. The van der Waals surface area contributed by atoms with Crippen LogP contribution in [0.3, 0.4) is 0 Å². The lowest BCUT2D eigenvalue weighted by atomic mass is 10.2. The average Bonchev–Trinajstić information content (AvgIpc) is 2.33. The Kier molecular flexibility index (Phi) is 11.4. The Morgan fingerprint density at radius 3 is 1.73 bits per heavy atom. The number of nitrogens with two attached hydrogens (primary N) is 2. The minimum atomic E-state index is -1.29. The van der Waals surface area contributed by atoms with Crippen LogP contribution in [0.4, 0.5) is 0 Å². The van der Waals surface area contributed by atoms with Crippen molar-refractivity contribution in [2.45, 2.75) is 38.0 Å². The Labute approximate surface area is 125 Å².